The molecule has 0 amide bonds. The number of imidazole rings is 1. The summed E-state index contributed by atoms with van der Waals surface area (Å²) in [6.45, 7) is 8.52. The highest BCUT2D eigenvalue weighted by Crippen LogP contribution is 2.44. The van der Waals surface area contributed by atoms with Gasteiger partial charge in [0.1, 0.15) is 12.3 Å². The molecule has 0 atom stereocenters. The minimum Gasteiger partial charge on any atom is -0.383 e. The molecule has 4 rings (SSSR count). The van der Waals surface area contributed by atoms with E-state index in [0.29, 0.717) is 51.2 Å². The average Bonchev–Trinajstić information content (AvgIpc) is 3.42. The molecule has 2 fully saturated rings. The van der Waals surface area contributed by atoms with Crippen molar-refractivity contribution in [3.05, 3.63) is 42.2 Å². The van der Waals surface area contributed by atoms with Crippen molar-refractivity contribution in [3.63, 3.8) is 0 Å². The second kappa shape index (κ2) is 9.24. The zero-order valence-corrected chi connectivity index (χ0v) is 21.4. The molecule has 0 unspecified atom stereocenters. The maximum Gasteiger partial charge on any atom is 0.240 e. The summed E-state index contributed by atoms with van der Waals surface area (Å²) in [6, 6.07) is 9.20. The molecule has 8 nitrogen and oxygen atoms in total. The highest BCUT2D eigenvalue weighted by atomic mass is 32.2. The van der Waals surface area contributed by atoms with Gasteiger partial charge in [-0.15, -0.1) is 0 Å². The van der Waals surface area contributed by atoms with Gasteiger partial charge in [-0.2, -0.15) is 0 Å². The quantitative estimate of drug-likeness (QED) is 0.443. The molecule has 1 aromatic heterocycles. The highest BCUT2D eigenvalue weighted by molar-refractivity contribution is 7.91. The van der Waals surface area contributed by atoms with Crippen LogP contribution >= 0.6 is 0 Å². The predicted molar refractivity (Wildman–Crippen MR) is 125 cm³/mol. The topological polar surface area (TPSA) is 99.9 Å². The molecule has 1 N–H and O–H groups in total. The van der Waals surface area contributed by atoms with E-state index in [1.54, 1.807) is 36.5 Å². The summed E-state index contributed by atoms with van der Waals surface area (Å²) in [6.07, 6.45) is 3.45. The van der Waals surface area contributed by atoms with Gasteiger partial charge < -0.3 is 19.3 Å². The molecule has 2 aliphatic rings. The van der Waals surface area contributed by atoms with Gasteiger partial charge in [0.25, 0.3) is 0 Å². The van der Waals surface area contributed by atoms with Crippen LogP contribution in [0.3, 0.4) is 0 Å². The lowest BCUT2D eigenvalue weighted by Gasteiger charge is -2.39. The van der Waals surface area contributed by atoms with Crippen molar-refractivity contribution in [2.45, 2.75) is 79.5 Å². The lowest BCUT2D eigenvalue weighted by Crippen LogP contribution is -2.42. The van der Waals surface area contributed by atoms with Crippen LogP contribution < -0.4 is 0 Å². The summed E-state index contributed by atoms with van der Waals surface area (Å²) in [7, 11) is -5.16. The Labute approximate surface area is 196 Å². The molecule has 1 aromatic carbocycles. The number of sulfone groups is 1. The van der Waals surface area contributed by atoms with Crippen molar-refractivity contribution >= 4 is 17.9 Å². The van der Waals surface area contributed by atoms with Crippen LogP contribution in [-0.2, 0) is 36.4 Å². The van der Waals surface area contributed by atoms with Gasteiger partial charge in [0.15, 0.2) is 5.79 Å². The average molecular weight is 495 g/mol. The second-order valence-corrected chi connectivity index (χ2v) is 17.6. The molecule has 33 heavy (non-hydrogen) atoms. The van der Waals surface area contributed by atoms with Crippen molar-refractivity contribution < 1.29 is 27.7 Å². The third kappa shape index (κ3) is 5.41. The van der Waals surface area contributed by atoms with Gasteiger partial charge in [-0.25, -0.2) is 13.4 Å². The molecule has 1 aliphatic carbocycles. The minimum absolute atomic E-state index is 0.0606. The maximum absolute atomic E-state index is 13.4. The zero-order chi connectivity index (χ0) is 23.7. The normalized spacial score (nSPS) is 20.4. The van der Waals surface area contributed by atoms with E-state index in [1.165, 1.54) is 4.57 Å². The Morgan fingerprint density at radius 1 is 1.09 bits per heavy atom. The van der Waals surface area contributed by atoms with Gasteiger partial charge in [0, 0.05) is 33.7 Å². The van der Waals surface area contributed by atoms with Crippen LogP contribution in [0.5, 0.6) is 0 Å². The molecule has 1 saturated heterocycles. The standard InChI is InChI=1S/C23H34N2O6SSi/c1-33(2,3)16-15-29-18-25-17-20(22(26)9-11-23(12-10-22)30-13-14-31-23)24-21(25)32(27,28)19-7-5-4-6-8-19/h4-8,17,26H,9-16,18H2,1-3H3. The van der Waals surface area contributed by atoms with Gasteiger partial charge in [0.2, 0.25) is 15.0 Å². The van der Waals surface area contributed by atoms with Gasteiger partial charge in [-0.1, -0.05) is 37.8 Å². The zero-order valence-electron chi connectivity index (χ0n) is 19.6. The Balaban J connectivity index is 1.61. The molecule has 2 heterocycles. The van der Waals surface area contributed by atoms with Crippen LogP contribution in [0.2, 0.25) is 25.7 Å². The lowest BCUT2D eigenvalue weighted by atomic mass is 9.79. The van der Waals surface area contributed by atoms with E-state index in [2.05, 4.69) is 24.6 Å². The first-order chi connectivity index (χ1) is 15.5. The Bertz CT molecular complexity index is 1050. The van der Waals surface area contributed by atoms with E-state index in [4.69, 9.17) is 14.2 Å². The molecular formula is C23H34N2O6SSi. The number of aromatic nitrogens is 2. The van der Waals surface area contributed by atoms with Crippen LogP contribution in [-0.4, -0.2) is 56.8 Å². The minimum atomic E-state index is -3.88. The van der Waals surface area contributed by atoms with E-state index in [9.17, 15) is 13.5 Å². The molecule has 1 aliphatic heterocycles. The number of benzene rings is 1. The van der Waals surface area contributed by atoms with Crippen LogP contribution in [0.25, 0.3) is 0 Å². The number of aliphatic hydroxyl groups is 1. The molecule has 182 valence electrons. The Morgan fingerprint density at radius 3 is 2.33 bits per heavy atom. The molecule has 1 spiro atoms. The summed E-state index contributed by atoms with van der Waals surface area (Å²) in [5.41, 5.74) is -0.899. The summed E-state index contributed by atoms with van der Waals surface area (Å²) in [4.78, 5) is 4.63. The first kappa shape index (κ1) is 24.6. The van der Waals surface area contributed by atoms with Gasteiger partial charge in [-0.05, 0) is 31.0 Å². The highest BCUT2D eigenvalue weighted by Gasteiger charge is 2.47. The second-order valence-electron chi connectivity index (χ2n) is 10.2. The Hall–Kier alpha value is -1.56. The third-order valence-corrected chi connectivity index (χ3v) is 9.79. The fourth-order valence-electron chi connectivity index (χ4n) is 4.26. The van der Waals surface area contributed by atoms with Crippen LogP contribution in [0.1, 0.15) is 31.4 Å². The lowest BCUT2D eigenvalue weighted by molar-refractivity contribution is -0.204. The van der Waals surface area contributed by atoms with Crippen LogP contribution in [0, 0.1) is 0 Å². The number of ether oxygens (including phenoxy) is 3. The van der Waals surface area contributed by atoms with Crippen molar-refractivity contribution in [1.29, 1.82) is 0 Å². The van der Waals surface area contributed by atoms with Crippen molar-refractivity contribution in [2.75, 3.05) is 19.8 Å². The van der Waals surface area contributed by atoms with E-state index < -0.39 is 29.3 Å². The van der Waals surface area contributed by atoms with Crippen molar-refractivity contribution in [3.8, 4) is 0 Å². The number of hydrogen-bond acceptors (Lipinski definition) is 7. The number of nitrogens with zero attached hydrogens (tertiary/aromatic N) is 2. The maximum atomic E-state index is 13.4. The molecule has 10 heteroatoms. The van der Waals surface area contributed by atoms with Gasteiger partial charge in [0.05, 0.1) is 23.8 Å². The number of rotatable bonds is 8. The number of hydrogen-bond donors (Lipinski definition) is 1. The molecule has 1 saturated carbocycles. The van der Waals surface area contributed by atoms with Crippen LogP contribution in [0.4, 0.5) is 0 Å². The summed E-state index contributed by atoms with van der Waals surface area (Å²) < 4.78 is 45.7. The fraction of sp³-hybridized carbons (Fsp3) is 0.609. The van der Waals surface area contributed by atoms with E-state index in [-0.39, 0.29) is 16.8 Å². The van der Waals surface area contributed by atoms with E-state index in [0.717, 1.165) is 6.04 Å². The SMILES string of the molecule is C[Si](C)(C)CCOCn1cc(C2(O)CCC3(CC2)OCCO3)nc1S(=O)(=O)c1ccccc1. The molecule has 0 radical (unpaired) electrons. The Kier molecular flexibility index (Phi) is 6.87. The summed E-state index contributed by atoms with van der Waals surface area (Å²) in [5, 5.41) is 11.3. The molecular weight excluding hydrogens is 460 g/mol. The summed E-state index contributed by atoms with van der Waals surface area (Å²) in [5.74, 6) is -0.631. The third-order valence-electron chi connectivity index (χ3n) is 6.39. The van der Waals surface area contributed by atoms with Crippen LogP contribution in [0.15, 0.2) is 46.6 Å². The monoisotopic (exact) mass is 494 g/mol. The molecule has 2 aromatic rings. The van der Waals surface area contributed by atoms with E-state index in [1.807, 2.05) is 0 Å². The molecule has 0 bridgehead atoms. The van der Waals surface area contributed by atoms with Gasteiger partial charge >= 0.3 is 0 Å². The fourth-order valence-corrected chi connectivity index (χ4v) is 6.38. The smallest absolute Gasteiger partial charge is 0.240 e. The van der Waals surface area contributed by atoms with Gasteiger partial charge in [-0.3, -0.25) is 4.57 Å². The van der Waals surface area contributed by atoms with Crippen molar-refractivity contribution in [1.82, 2.24) is 9.55 Å². The van der Waals surface area contributed by atoms with Crippen molar-refractivity contribution in [2.24, 2.45) is 0 Å². The Morgan fingerprint density at radius 2 is 1.73 bits per heavy atom. The first-order valence-corrected chi connectivity index (χ1v) is 16.7. The largest absolute Gasteiger partial charge is 0.383 e. The predicted octanol–water partition coefficient (Wildman–Crippen LogP) is 3.53. The first-order valence-electron chi connectivity index (χ1n) is 11.5. The van der Waals surface area contributed by atoms with E-state index >= 15 is 0 Å². The summed E-state index contributed by atoms with van der Waals surface area (Å²) >= 11 is 0.